The van der Waals surface area contributed by atoms with Crippen molar-refractivity contribution < 1.29 is 4.79 Å². The fourth-order valence-electron chi connectivity index (χ4n) is 3.74. The summed E-state index contributed by atoms with van der Waals surface area (Å²) in [4.78, 5) is 18.7. The second kappa shape index (κ2) is 6.43. The molecule has 0 unspecified atom stereocenters. The van der Waals surface area contributed by atoms with Crippen LogP contribution in [-0.2, 0) is 6.42 Å². The molecular formula is C17H20ClN5O. The number of H-pyrrole nitrogens is 1. The van der Waals surface area contributed by atoms with E-state index in [4.69, 9.17) is 11.6 Å². The molecule has 24 heavy (non-hydrogen) atoms. The Bertz CT molecular complexity index is 725. The zero-order valence-corrected chi connectivity index (χ0v) is 14.1. The number of rotatable bonds is 2. The molecule has 0 spiro atoms. The molecule has 1 aliphatic carbocycles. The average Bonchev–Trinajstić information content (AvgIpc) is 3.25. The Kier molecular flexibility index (Phi) is 4.14. The van der Waals surface area contributed by atoms with E-state index in [1.54, 1.807) is 0 Å². The van der Waals surface area contributed by atoms with Crippen LogP contribution in [0.15, 0.2) is 24.5 Å². The van der Waals surface area contributed by atoms with E-state index in [-0.39, 0.29) is 12.1 Å². The molecule has 0 radical (unpaired) electrons. The monoisotopic (exact) mass is 345 g/mol. The first-order valence-electron chi connectivity index (χ1n) is 8.40. The molecule has 126 valence electrons. The molecule has 2 heterocycles. The molecule has 1 saturated heterocycles. The van der Waals surface area contributed by atoms with Crippen LogP contribution in [0.5, 0.6) is 0 Å². The summed E-state index contributed by atoms with van der Waals surface area (Å²) < 4.78 is 0. The lowest BCUT2D eigenvalue weighted by atomic mass is 9.96. The minimum atomic E-state index is 0.0267. The van der Waals surface area contributed by atoms with Gasteiger partial charge in [-0.25, -0.2) is 9.78 Å². The van der Waals surface area contributed by atoms with Crippen LogP contribution in [0.25, 0.3) is 0 Å². The Morgan fingerprint density at radius 3 is 2.88 bits per heavy atom. The summed E-state index contributed by atoms with van der Waals surface area (Å²) in [6.45, 7) is 1.49. The number of hydrogen-bond donors (Lipinski definition) is 2. The van der Waals surface area contributed by atoms with Crippen molar-refractivity contribution in [1.29, 1.82) is 0 Å². The van der Waals surface area contributed by atoms with Crippen LogP contribution in [0.1, 0.15) is 48.2 Å². The van der Waals surface area contributed by atoms with Gasteiger partial charge in [-0.2, -0.15) is 5.10 Å². The Morgan fingerprint density at radius 2 is 2.12 bits per heavy atom. The van der Waals surface area contributed by atoms with Crippen LogP contribution >= 0.6 is 11.6 Å². The highest BCUT2D eigenvalue weighted by Gasteiger charge is 2.29. The fourth-order valence-corrected chi connectivity index (χ4v) is 3.94. The van der Waals surface area contributed by atoms with E-state index < -0.39 is 0 Å². The van der Waals surface area contributed by atoms with Gasteiger partial charge in [-0.1, -0.05) is 17.7 Å². The molecule has 6 nitrogen and oxygen atoms in total. The van der Waals surface area contributed by atoms with Gasteiger partial charge in [0.15, 0.2) is 0 Å². The number of aryl methyl sites for hydroxylation is 1. The van der Waals surface area contributed by atoms with Gasteiger partial charge in [0, 0.05) is 24.0 Å². The number of carbonyl (C=O) groups excluding carboxylic acids is 1. The van der Waals surface area contributed by atoms with E-state index in [0.29, 0.717) is 5.92 Å². The molecule has 7 heteroatoms. The molecule has 0 bridgehead atoms. The van der Waals surface area contributed by atoms with Gasteiger partial charge in [-0.15, -0.1) is 0 Å². The number of urea groups is 1. The normalized spacial score (nSPS) is 20.9. The first kappa shape index (κ1) is 15.4. The second-order valence-electron chi connectivity index (χ2n) is 6.52. The van der Waals surface area contributed by atoms with E-state index >= 15 is 0 Å². The van der Waals surface area contributed by atoms with Crippen molar-refractivity contribution in [2.75, 3.05) is 13.1 Å². The van der Waals surface area contributed by atoms with Crippen molar-refractivity contribution >= 4 is 17.6 Å². The number of halogens is 1. The van der Waals surface area contributed by atoms with Gasteiger partial charge < -0.3 is 10.2 Å². The van der Waals surface area contributed by atoms with Gasteiger partial charge in [-0.3, -0.25) is 5.10 Å². The summed E-state index contributed by atoms with van der Waals surface area (Å²) in [5.74, 6) is 1.29. The summed E-state index contributed by atoms with van der Waals surface area (Å²) >= 11 is 6.05. The molecule has 4 rings (SSSR count). The number of aromatic nitrogens is 3. The summed E-state index contributed by atoms with van der Waals surface area (Å²) in [6, 6.07) is 6.06. The van der Waals surface area contributed by atoms with Crippen LogP contribution in [0.4, 0.5) is 4.79 Å². The summed E-state index contributed by atoms with van der Waals surface area (Å²) in [6.07, 6.45) is 5.28. The zero-order chi connectivity index (χ0) is 16.5. The summed E-state index contributed by atoms with van der Waals surface area (Å²) in [5.41, 5.74) is 2.45. The maximum atomic E-state index is 12.6. The SMILES string of the molecule is O=C(N[C@@H]1CCc2cc(Cl)ccc21)N1CCC(c2ncn[nH]2)CC1. The van der Waals surface area contributed by atoms with Crippen molar-refractivity contribution in [3.63, 3.8) is 0 Å². The van der Waals surface area contributed by atoms with E-state index in [1.165, 1.54) is 17.5 Å². The summed E-state index contributed by atoms with van der Waals surface area (Å²) in [7, 11) is 0. The smallest absolute Gasteiger partial charge is 0.317 e. The van der Waals surface area contributed by atoms with Crippen LogP contribution in [0.3, 0.4) is 0 Å². The van der Waals surface area contributed by atoms with Gasteiger partial charge >= 0.3 is 6.03 Å². The minimum absolute atomic E-state index is 0.0267. The number of aromatic amines is 1. The highest BCUT2D eigenvalue weighted by Crippen LogP contribution is 2.33. The largest absolute Gasteiger partial charge is 0.331 e. The third kappa shape index (κ3) is 2.98. The molecule has 2 N–H and O–H groups in total. The number of benzene rings is 1. The Labute approximate surface area is 145 Å². The number of fused-ring (bicyclic) bond motifs is 1. The molecule has 1 aromatic heterocycles. The lowest BCUT2D eigenvalue weighted by Gasteiger charge is -2.32. The predicted molar refractivity (Wildman–Crippen MR) is 91.0 cm³/mol. The highest BCUT2D eigenvalue weighted by molar-refractivity contribution is 6.30. The van der Waals surface area contributed by atoms with E-state index in [2.05, 4.69) is 20.5 Å². The van der Waals surface area contributed by atoms with Crippen molar-refractivity contribution in [3.05, 3.63) is 46.5 Å². The van der Waals surface area contributed by atoms with Gasteiger partial charge in [0.1, 0.15) is 12.2 Å². The number of piperidine rings is 1. The number of carbonyl (C=O) groups is 1. The number of amides is 2. The number of nitrogens with zero attached hydrogens (tertiary/aromatic N) is 3. The molecule has 1 atom stereocenters. The van der Waals surface area contributed by atoms with E-state index in [0.717, 1.165) is 49.6 Å². The third-order valence-electron chi connectivity index (χ3n) is 5.08. The third-order valence-corrected chi connectivity index (χ3v) is 5.32. The fraction of sp³-hybridized carbons (Fsp3) is 0.471. The van der Waals surface area contributed by atoms with Crippen LogP contribution in [0.2, 0.25) is 5.02 Å². The Balaban J connectivity index is 1.35. The lowest BCUT2D eigenvalue weighted by Crippen LogP contribution is -2.45. The van der Waals surface area contributed by atoms with E-state index in [1.807, 2.05) is 23.1 Å². The van der Waals surface area contributed by atoms with Gasteiger partial charge in [0.2, 0.25) is 0 Å². The summed E-state index contributed by atoms with van der Waals surface area (Å²) in [5, 5.41) is 10.8. The number of nitrogens with one attached hydrogen (secondary N) is 2. The van der Waals surface area contributed by atoms with Crippen LogP contribution in [-0.4, -0.2) is 39.2 Å². The quantitative estimate of drug-likeness (QED) is 0.878. The molecule has 2 aliphatic rings. The molecule has 1 aliphatic heterocycles. The number of likely N-dealkylation sites (tertiary alicyclic amines) is 1. The van der Waals surface area contributed by atoms with Crippen molar-refractivity contribution in [3.8, 4) is 0 Å². The van der Waals surface area contributed by atoms with Gasteiger partial charge in [-0.05, 0) is 48.9 Å². The highest BCUT2D eigenvalue weighted by atomic mass is 35.5. The van der Waals surface area contributed by atoms with Gasteiger partial charge in [0.05, 0.1) is 6.04 Å². The number of hydrogen-bond acceptors (Lipinski definition) is 3. The average molecular weight is 346 g/mol. The van der Waals surface area contributed by atoms with Crippen LogP contribution < -0.4 is 5.32 Å². The maximum Gasteiger partial charge on any atom is 0.317 e. The maximum absolute atomic E-state index is 12.6. The second-order valence-corrected chi connectivity index (χ2v) is 6.95. The molecule has 1 fully saturated rings. The lowest BCUT2D eigenvalue weighted by molar-refractivity contribution is 0.176. The van der Waals surface area contributed by atoms with Gasteiger partial charge in [0.25, 0.3) is 0 Å². The Morgan fingerprint density at radius 1 is 1.29 bits per heavy atom. The molecule has 0 saturated carbocycles. The Hall–Kier alpha value is -2.08. The molecule has 1 aromatic carbocycles. The van der Waals surface area contributed by atoms with Crippen molar-refractivity contribution in [2.45, 2.75) is 37.6 Å². The predicted octanol–water partition coefficient (Wildman–Crippen LogP) is 3.03. The van der Waals surface area contributed by atoms with Crippen molar-refractivity contribution in [1.82, 2.24) is 25.4 Å². The molecular weight excluding hydrogens is 326 g/mol. The minimum Gasteiger partial charge on any atom is -0.331 e. The standard InChI is InChI=1S/C17H20ClN5O/c18-13-2-3-14-12(9-13)1-4-15(14)21-17(24)23-7-5-11(6-8-23)16-19-10-20-22-16/h2-3,9-11,15H,1,4-8H2,(H,21,24)(H,19,20,22)/t15-/m1/s1. The molecule has 2 aromatic rings. The van der Waals surface area contributed by atoms with Crippen molar-refractivity contribution in [2.24, 2.45) is 0 Å². The molecule has 2 amide bonds. The first-order chi connectivity index (χ1) is 11.7. The topological polar surface area (TPSA) is 73.9 Å². The van der Waals surface area contributed by atoms with Crippen LogP contribution in [0, 0.1) is 0 Å². The first-order valence-corrected chi connectivity index (χ1v) is 8.77. The van der Waals surface area contributed by atoms with E-state index in [9.17, 15) is 4.79 Å². The zero-order valence-electron chi connectivity index (χ0n) is 13.3.